The molecule has 5 heterocycles. The van der Waals surface area contributed by atoms with Crippen molar-refractivity contribution in [1.82, 2.24) is 19.2 Å². The molecule has 5 aromatic rings. The Morgan fingerprint density at radius 3 is 2.84 bits per heavy atom. The van der Waals surface area contributed by atoms with Crippen molar-refractivity contribution >= 4 is 39.6 Å². The number of hydrogen-bond acceptors (Lipinski definition) is 5. The number of amides is 1. The van der Waals surface area contributed by atoms with Gasteiger partial charge in [0.1, 0.15) is 17.8 Å². The number of pyridine rings is 1. The van der Waals surface area contributed by atoms with Crippen molar-refractivity contribution in [2.24, 2.45) is 0 Å². The number of carbonyl (C=O) groups excluding carboxylic acids is 1. The minimum Gasteiger partial charge on any atom is -0.310 e. The van der Waals surface area contributed by atoms with E-state index in [9.17, 15) is 9.59 Å². The number of rotatable bonds is 3. The topological polar surface area (TPSA) is 72.5 Å². The SMILES string of the molecule is O=C(Cn1c(=O)c2cc(-c3cccs3)nn2c2ncccc21)N1CCc2ccccc21. The average Bonchev–Trinajstić information content (AvgIpc) is 3.55. The van der Waals surface area contributed by atoms with E-state index < -0.39 is 0 Å². The maximum atomic E-state index is 13.4. The van der Waals surface area contributed by atoms with E-state index in [0.29, 0.717) is 23.2 Å². The fourth-order valence-corrected chi connectivity index (χ4v) is 4.91. The highest BCUT2D eigenvalue weighted by Crippen LogP contribution is 2.28. The van der Waals surface area contributed by atoms with Gasteiger partial charge in [-0.15, -0.1) is 11.3 Å². The zero-order valence-electron chi connectivity index (χ0n) is 16.4. The lowest BCUT2D eigenvalue weighted by Crippen LogP contribution is -2.36. The second-order valence-electron chi connectivity index (χ2n) is 7.47. The highest BCUT2D eigenvalue weighted by molar-refractivity contribution is 7.13. The zero-order valence-corrected chi connectivity index (χ0v) is 17.2. The van der Waals surface area contributed by atoms with E-state index in [1.807, 2.05) is 41.8 Å². The van der Waals surface area contributed by atoms with Gasteiger partial charge in [-0.1, -0.05) is 24.3 Å². The quantitative estimate of drug-likeness (QED) is 0.443. The molecule has 1 amide bonds. The van der Waals surface area contributed by atoms with Gasteiger partial charge in [-0.3, -0.25) is 14.2 Å². The number of anilines is 1. The molecule has 0 unspecified atom stereocenters. The molecular weight excluding hydrogens is 410 g/mol. The first-order chi connectivity index (χ1) is 15.2. The van der Waals surface area contributed by atoms with Gasteiger partial charge in [0.15, 0.2) is 5.65 Å². The van der Waals surface area contributed by atoms with Crippen LogP contribution in [0.1, 0.15) is 5.56 Å². The number of nitrogens with zero attached hydrogens (tertiary/aromatic N) is 5. The van der Waals surface area contributed by atoms with E-state index in [1.165, 1.54) is 4.57 Å². The summed E-state index contributed by atoms with van der Waals surface area (Å²) in [6, 6.07) is 17.2. The molecule has 0 radical (unpaired) electrons. The molecule has 0 saturated heterocycles. The number of thiophene rings is 1. The van der Waals surface area contributed by atoms with Crippen LogP contribution in [0.3, 0.4) is 0 Å². The van der Waals surface area contributed by atoms with E-state index in [2.05, 4.69) is 10.1 Å². The van der Waals surface area contributed by atoms with Gasteiger partial charge < -0.3 is 4.90 Å². The summed E-state index contributed by atoms with van der Waals surface area (Å²) in [6.07, 6.45) is 2.49. The van der Waals surface area contributed by atoms with Gasteiger partial charge in [-0.25, -0.2) is 9.50 Å². The maximum absolute atomic E-state index is 13.4. The Balaban J connectivity index is 1.49. The zero-order chi connectivity index (χ0) is 20.9. The van der Waals surface area contributed by atoms with Crippen LogP contribution in [0.4, 0.5) is 5.69 Å². The summed E-state index contributed by atoms with van der Waals surface area (Å²) in [6.45, 7) is 0.575. The van der Waals surface area contributed by atoms with Crippen LogP contribution in [0.25, 0.3) is 27.3 Å². The Morgan fingerprint density at radius 1 is 1.06 bits per heavy atom. The molecule has 0 bridgehead atoms. The normalized spacial score (nSPS) is 13.2. The molecule has 4 aromatic heterocycles. The largest absolute Gasteiger partial charge is 0.310 e. The van der Waals surface area contributed by atoms with Crippen molar-refractivity contribution in [2.75, 3.05) is 11.4 Å². The monoisotopic (exact) mass is 427 g/mol. The van der Waals surface area contributed by atoms with Crippen molar-refractivity contribution < 1.29 is 4.79 Å². The number of benzene rings is 1. The van der Waals surface area contributed by atoms with Crippen molar-refractivity contribution in [2.45, 2.75) is 13.0 Å². The Bertz CT molecular complexity index is 1520. The van der Waals surface area contributed by atoms with Crippen LogP contribution in [-0.4, -0.2) is 31.6 Å². The van der Waals surface area contributed by atoms with Crippen LogP contribution < -0.4 is 10.5 Å². The lowest BCUT2D eigenvalue weighted by Gasteiger charge is -2.19. The standard InChI is InChI=1S/C23H17N5O2S/c29-21(26-11-9-15-5-1-2-6-17(15)26)14-27-18-7-3-10-24-22(18)28-19(23(27)30)13-16(25-28)20-8-4-12-31-20/h1-8,10,12-13H,9,11,14H2. The molecule has 8 heteroatoms. The van der Waals surface area contributed by atoms with E-state index in [0.717, 1.165) is 28.2 Å². The van der Waals surface area contributed by atoms with Crippen LogP contribution in [0.15, 0.2) is 71.0 Å². The summed E-state index contributed by atoms with van der Waals surface area (Å²) in [5, 5.41) is 6.60. The van der Waals surface area contributed by atoms with Crippen LogP contribution in [0.2, 0.25) is 0 Å². The first kappa shape index (κ1) is 18.0. The van der Waals surface area contributed by atoms with Crippen LogP contribution >= 0.6 is 11.3 Å². The Kier molecular flexibility index (Phi) is 4.00. The molecule has 0 atom stereocenters. The van der Waals surface area contributed by atoms with Gasteiger partial charge in [0, 0.05) is 18.4 Å². The fraction of sp³-hybridized carbons (Fsp3) is 0.130. The van der Waals surface area contributed by atoms with E-state index in [1.54, 1.807) is 45.1 Å². The number of carbonyl (C=O) groups is 1. The third-order valence-electron chi connectivity index (χ3n) is 5.69. The van der Waals surface area contributed by atoms with Crippen LogP contribution in [0, 0.1) is 0 Å². The summed E-state index contributed by atoms with van der Waals surface area (Å²) in [5.74, 6) is -0.112. The first-order valence-corrected chi connectivity index (χ1v) is 10.9. The van der Waals surface area contributed by atoms with Gasteiger partial charge in [-0.2, -0.15) is 5.10 Å². The first-order valence-electron chi connectivity index (χ1n) is 10.0. The van der Waals surface area contributed by atoms with Crippen molar-refractivity contribution in [3.8, 4) is 10.6 Å². The molecule has 152 valence electrons. The van der Waals surface area contributed by atoms with E-state index in [-0.39, 0.29) is 18.0 Å². The lowest BCUT2D eigenvalue weighted by molar-refractivity contribution is -0.119. The summed E-state index contributed by atoms with van der Waals surface area (Å²) in [5.41, 5.74) is 4.09. The molecular formula is C23H17N5O2S. The summed E-state index contributed by atoms with van der Waals surface area (Å²) in [7, 11) is 0. The molecule has 31 heavy (non-hydrogen) atoms. The average molecular weight is 427 g/mol. The van der Waals surface area contributed by atoms with E-state index in [4.69, 9.17) is 0 Å². The Labute approximate surface area is 180 Å². The van der Waals surface area contributed by atoms with Crippen LogP contribution in [-0.2, 0) is 17.8 Å². The molecule has 1 aliphatic heterocycles. The van der Waals surface area contributed by atoms with Crippen molar-refractivity contribution in [3.05, 3.63) is 82.1 Å². The van der Waals surface area contributed by atoms with Gasteiger partial charge in [-0.05, 0) is 47.7 Å². The van der Waals surface area contributed by atoms with Crippen molar-refractivity contribution in [3.63, 3.8) is 0 Å². The van der Waals surface area contributed by atoms with Crippen LogP contribution in [0.5, 0.6) is 0 Å². The Hall–Kier alpha value is -3.78. The summed E-state index contributed by atoms with van der Waals surface area (Å²) < 4.78 is 3.10. The minimum atomic E-state index is -0.253. The predicted octanol–water partition coefficient (Wildman–Crippen LogP) is 3.36. The molecule has 7 nitrogen and oxygen atoms in total. The summed E-state index contributed by atoms with van der Waals surface area (Å²) in [4.78, 5) is 33.9. The summed E-state index contributed by atoms with van der Waals surface area (Å²) >= 11 is 1.56. The number of hydrogen-bond donors (Lipinski definition) is 0. The maximum Gasteiger partial charge on any atom is 0.277 e. The number of fused-ring (bicyclic) bond motifs is 4. The third-order valence-corrected chi connectivity index (χ3v) is 6.58. The molecule has 6 rings (SSSR count). The number of para-hydroxylation sites is 1. The van der Waals surface area contributed by atoms with Gasteiger partial charge in [0.25, 0.3) is 5.56 Å². The Morgan fingerprint density at radius 2 is 1.97 bits per heavy atom. The third kappa shape index (κ3) is 2.79. The minimum absolute atomic E-state index is 0.0502. The highest BCUT2D eigenvalue weighted by Gasteiger charge is 2.25. The van der Waals surface area contributed by atoms with Crippen molar-refractivity contribution in [1.29, 1.82) is 0 Å². The van der Waals surface area contributed by atoms with Gasteiger partial charge in [0.2, 0.25) is 5.91 Å². The van der Waals surface area contributed by atoms with E-state index >= 15 is 0 Å². The molecule has 0 N–H and O–H groups in total. The highest BCUT2D eigenvalue weighted by atomic mass is 32.1. The molecule has 0 aliphatic carbocycles. The second-order valence-corrected chi connectivity index (χ2v) is 8.41. The fourth-order valence-electron chi connectivity index (χ4n) is 4.22. The molecule has 0 saturated carbocycles. The second kappa shape index (κ2) is 6.88. The number of aromatic nitrogens is 4. The molecule has 0 fully saturated rings. The van der Waals surface area contributed by atoms with Gasteiger partial charge >= 0.3 is 0 Å². The smallest absolute Gasteiger partial charge is 0.277 e. The predicted molar refractivity (Wildman–Crippen MR) is 121 cm³/mol. The molecule has 1 aliphatic rings. The lowest BCUT2D eigenvalue weighted by atomic mass is 10.2. The molecule has 1 aromatic carbocycles. The molecule has 0 spiro atoms. The van der Waals surface area contributed by atoms with Gasteiger partial charge in [0.05, 0.1) is 10.4 Å².